The largest absolute Gasteiger partial charge is 0.425 e. The van der Waals surface area contributed by atoms with Crippen LogP contribution < -0.4 is 0 Å². The van der Waals surface area contributed by atoms with Gasteiger partial charge in [-0.05, 0) is 6.92 Å². The lowest BCUT2D eigenvalue weighted by Gasteiger charge is -1.83. The molecule has 1 nitrogen and oxygen atoms in total. The van der Waals surface area contributed by atoms with Crippen molar-refractivity contribution in [1.82, 2.24) is 0 Å². The van der Waals surface area contributed by atoms with Crippen LogP contribution >= 0.6 is 11.8 Å². The van der Waals surface area contributed by atoms with E-state index in [2.05, 4.69) is 11.7 Å². The Bertz CT molecular complexity index is 40.8. The molecule has 0 aromatic rings. The van der Waals surface area contributed by atoms with Crippen molar-refractivity contribution < 1.29 is 4.74 Å². The van der Waals surface area contributed by atoms with Crippen LogP contribution in [0.5, 0.6) is 0 Å². The number of aliphatic hydroxyl groups is 2. The molecule has 1 aliphatic heterocycles. The minimum absolute atomic E-state index is 0.796. The smallest absolute Gasteiger partial charge is 0.193 e. The van der Waals surface area contributed by atoms with E-state index in [-0.39, 0.29) is 0 Å². The zero-order valence-corrected chi connectivity index (χ0v) is 4.66. The van der Waals surface area contributed by atoms with Gasteiger partial charge in [0.05, 0.1) is 5.25 Å². The third-order valence-corrected chi connectivity index (χ3v) is 1.89. The highest BCUT2D eigenvalue weighted by Gasteiger charge is 2.13. The van der Waals surface area contributed by atoms with Crippen molar-refractivity contribution in [2.75, 3.05) is 12.5 Å². The standard InChI is InChI=1S/C4H8OS/c1-4-2-5-3-6-4/h4H,2-3H2,1H3/p+1. The van der Waals surface area contributed by atoms with Gasteiger partial charge in [-0.15, -0.1) is 0 Å². The van der Waals surface area contributed by atoms with E-state index in [1.165, 1.54) is 0 Å². The summed E-state index contributed by atoms with van der Waals surface area (Å²) in [4.78, 5) is 0. The number of thioether (sulfide) groups is 1. The molecular formula is C4H9OS+. The van der Waals surface area contributed by atoms with E-state index in [1.54, 1.807) is 0 Å². The van der Waals surface area contributed by atoms with Crippen LogP contribution in [0.25, 0.3) is 0 Å². The predicted octanol–water partition coefficient (Wildman–Crippen LogP) is 0.607. The van der Waals surface area contributed by atoms with Gasteiger partial charge in [0.15, 0.2) is 12.5 Å². The molecule has 0 amide bonds. The van der Waals surface area contributed by atoms with Gasteiger partial charge in [0, 0.05) is 0 Å². The fraction of sp³-hybridized carbons (Fsp3) is 1.00. The number of ether oxygens (including phenoxy) is 1. The third kappa shape index (κ3) is 0.884. The summed E-state index contributed by atoms with van der Waals surface area (Å²) in [6.07, 6.45) is 0. The van der Waals surface area contributed by atoms with Crippen LogP contribution in [0.3, 0.4) is 0 Å². The molecule has 1 rings (SSSR count). The molecule has 2 heteroatoms. The number of hydrogen-bond donors (Lipinski definition) is 0. The molecule has 1 fully saturated rings. The minimum atomic E-state index is 0.796. The molecule has 1 atom stereocenters. The molecule has 0 aromatic carbocycles. The van der Waals surface area contributed by atoms with Crippen LogP contribution in [0.2, 0.25) is 0 Å². The van der Waals surface area contributed by atoms with Crippen LogP contribution in [0.1, 0.15) is 6.92 Å². The van der Waals surface area contributed by atoms with Crippen molar-refractivity contribution in [3.63, 3.8) is 0 Å². The maximum absolute atomic E-state index is 4.13. The van der Waals surface area contributed by atoms with Crippen LogP contribution in [0.15, 0.2) is 0 Å². The van der Waals surface area contributed by atoms with Gasteiger partial charge in [-0.2, -0.15) is 0 Å². The quantitative estimate of drug-likeness (QED) is 0.411. The molecule has 1 aliphatic rings. The Morgan fingerprint density at radius 3 is 2.83 bits per heavy atom. The summed E-state index contributed by atoms with van der Waals surface area (Å²) in [5, 5.41) is 0.796. The number of hydrogen-bond acceptors (Lipinski definition) is 1. The van der Waals surface area contributed by atoms with Crippen molar-refractivity contribution in [2.45, 2.75) is 12.2 Å². The second-order valence-electron chi connectivity index (χ2n) is 1.51. The van der Waals surface area contributed by atoms with Crippen LogP contribution in [0, 0.1) is 0 Å². The topological polar surface area (TPSA) is 12.8 Å². The summed E-state index contributed by atoms with van der Waals surface area (Å²) >= 11 is 1.93. The summed E-state index contributed by atoms with van der Waals surface area (Å²) in [5.74, 6) is 1.03. The van der Waals surface area contributed by atoms with E-state index in [0.717, 1.165) is 17.8 Å². The van der Waals surface area contributed by atoms with Gasteiger partial charge in [0.2, 0.25) is 0 Å². The Hall–Kier alpha value is 0.310. The van der Waals surface area contributed by atoms with Crippen molar-refractivity contribution in [2.24, 2.45) is 0 Å². The van der Waals surface area contributed by atoms with Crippen molar-refractivity contribution in [3.8, 4) is 0 Å². The first-order valence-electron chi connectivity index (χ1n) is 2.14. The first-order valence-corrected chi connectivity index (χ1v) is 3.19. The van der Waals surface area contributed by atoms with Crippen molar-refractivity contribution >= 4 is 11.8 Å². The molecule has 0 saturated carbocycles. The van der Waals surface area contributed by atoms with E-state index in [0.29, 0.717) is 0 Å². The lowest BCUT2D eigenvalue weighted by atomic mass is 10.5. The maximum atomic E-state index is 4.13. The minimum Gasteiger partial charge on any atom is -0.425 e. The van der Waals surface area contributed by atoms with E-state index < -0.39 is 0 Å². The Balaban J connectivity index is 2.18. The lowest BCUT2D eigenvalue weighted by molar-refractivity contribution is 0.0192. The van der Waals surface area contributed by atoms with E-state index >= 15 is 0 Å². The summed E-state index contributed by atoms with van der Waals surface area (Å²) < 4.78 is 4.13. The van der Waals surface area contributed by atoms with Crippen LogP contribution in [-0.2, 0) is 0 Å². The second kappa shape index (κ2) is 1.85. The van der Waals surface area contributed by atoms with E-state index in [4.69, 9.17) is 0 Å². The van der Waals surface area contributed by atoms with Gasteiger partial charge in [-0.3, -0.25) is 0 Å². The van der Waals surface area contributed by atoms with Gasteiger partial charge >= 0.3 is 0 Å². The normalized spacial score (nSPS) is 34.5. The van der Waals surface area contributed by atoms with Gasteiger partial charge in [-0.1, -0.05) is 11.8 Å². The Labute approximate surface area is 42.1 Å². The van der Waals surface area contributed by atoms with E-state index in [9.17, 15) is 0 Å². The van der Waals surface area contributed by atoms with Crippen molar-refractivity contribution in [3.05, 3.63) is 0 Å². The van der Waals surface area contributed by atoms with Crippen LogP contribution in [-0.4, -0.2) is 22.5 Å². The number of rotatable bonds is 0. The lowest BCUT2D eigenvalue weighted by Crippen LogP contribution is -1.96. The highest BCUT2D eigenvalue weighted by Crippen LogP contribution is 2.14. The molecule has 0 radical (unpaired) electrons. The summed E-state index contributed by atoms with van der Waals surface area (Å²) in [5.41, 5.74) is 0. The predicted molar refractivity (Wildman–Crippen MR) is 29.0 cm³/mol. The first-order chi connectivity index (χ1) is 2.89. The Morgan fingerprint density at radius 1 is 1.83 bits per heavy atom. The summed E-state index contributed by atoms with van der Waals surface area (Å²) in [6.45, 7) is 3.28. The second-order valence-corrected chi connectivity index (χ2v) is 2.91. The SMILES string of the molecule is CC1C[OH+]CS1. The van der Waals surface area contributed by atoms with Crippen molar-refractivity contribution in [1.29, 1.82) is 0 Å². The molecule has 36 valence electrons. The monoisotopic (exact) mass is 105 g/mol. The molecule has 0 aliphatic carbocycles. The Kier molecular flexibility index (Phi) is 1.37. The average Bonchev–Trinajstić information content (AvgIpc) is 1.86. The van der Waals surface area contributed by atoms with Gasteiger partial charge in [0.25, 0.3) is 0 Å². The molecule has 1 unspecified atom stereocenters. The molecule has 0 spiro atoms. The van der Waals surface area contributed by atoms with E-state index in [1.807, 2.05) is 11.8 Å². The molecule has 0 aromatic heterocycles. The fourth-order valence-corrected chi connectivity index (χ4v) is 1.14. The molecule has 1 saturated heterocycles. The zero-order valence-electron chi connectivity index (χ0n) is 3.85. The zero-order chi connectivity index (χ0) is 4.41. The molecule has 0 bridgehead atoms. The van der Waals surface area contributed by atoms with Crippen LogP contribution in [0.4, 0.5) is 0 Å². The van der Waals surface area contributed by atoms with Gasteiger partial charge in [-0.25, -0.2) is 0 Å². The molecule has 6 heavy (non-hydrogen) atoms. The molecule has 1 N–H and O–H groups in total. The van der Waals surface area contributed by atoms with Gasteiger partial charge < -0.3 is 4.74 Å². The summed E-state index contributed by atoms with van der Waals surface area (Å²) in [6, 6.07) is 0. The highest BCUT2D eigenvalue weighted by atomic mass is 32.2. The van der Waals surface area contributed by atoms with Gasteiger partial charge in [0.1, 0.15) is 0 Å². The maximum Gasteiger partial charge on any atom is 0.193 e. The highest BCUT2D eigenvalue weighted by molar-refractivity contribution is 7.99. The molecular weight excluding hydrogens is 96.1 g/mol. The molecule has 1 heterocycles. The average molecular weight is 105 g/mol. The first kappa shape index (κ1) is 4.47. The fourth-order valence-electron chi connectivity index (χ4n) is 0.467. The third-order valence-electron chi connectivity index (χ3n) is 0.837. The Morgan fingerprint density at radius 2 is 2.67 bits per heavy atom. The summed E-state index contributed by atoms with van der Waals surface area (Å²) in [7, 11) is 0.